The molecule has 0 unspecified atom stereocenters. The molecule has 0 bridgehead atoms. The van der Waals surface area contributed by atoms with Crippen LogP contribution < -0.4 is 0 Å². The zero-order valence-corrected chi connectivity index (χ0v) is 14.9. The molecule has 0 aromatic rings. The van der Waals surface area contributed by atoms with E-state index in [0.717, 1.165) is 0 Å². The van der Waals surface area contributed by atoms with Crippen molar-refractivity contribution in [3.05, 3.63) is 11.8 Å². The van der Waals surface area contributed by atoms with E-state index < -0.39 is 49.6 Å². The largest absolute Gasteiger partial charge is 0.472 e. The van der Waals surface area contributed by atoms with Gasteiger partial charge in [-0.2, -0.15) is 0 Å². The van der Waals surface area contributed by atoms with Gasteiger partial charge in [-0.1, -0.05) is 0 Å². The molecule has 2 aliphatic heterocycles. The lowest BCUT2D eigenvalue weighted by Crippen LogP contribution is -2.60. The van der Waals surface area contributed by atoms with Gasteiger partial charge in [-0.15, -0.1) is 0 Å². The number of esters is 1. The molecular weight excluding hydrogens is 364 g/mol. The van der Waals surface area contributed by atoms with E-state index in [1.54, 1.807) is 0 Å². The van der Waals surface area contributed by atoms with E-state index in [1.165, 1.54) is 13.4 Å². The van der Waals surface area contributed by atoms with Crippen LogP contribution in [0.3, 0.4) is 0 Å². The van der Waals surface area contributed by atoms with Crippen molar-refractivity contribution < 1.29 is 49.3 Å². The van der Waals surface area contributed by atoms with Gasteiger partial charge >= 0.3 is 5.97 Å². The van der Waals surface area contributed by atoms with Gasteiger partial charge in [0.2, 0.25) is 6.29 Å². The Labute approximate surface area is 155 Å². The fourth-order valence-corrected chi connectivity index (χ4v) is 4.17. The molecule has 3 aliphatic rings. The molecule has 2 heterocycles. The summed E-state index contributed by atoms with van der Waals surface area (Å²) in [5, 5.41) is 48.9. The first-order valence-electron chi connectivity index (χ1n) is 8.93. The number of aliphatic hydroxyl groups is 5. The van der Waals surface area contributed by atoms with Gasteiger partial charge in [-0.25, -0.2) is 4.79 Å². The van der Waals surface area contributed by atoms with Crippen LogP contribution in [0.5, 0.6) is 0 Å². The maximum Gasteiger partial charge on any atom is 0.337 e. The van der Waals surface area contributed by atoms with Crippen molar-refractivity contribution >= 4 is 5.97 Å². The number of rotatable bonds is 5. The van der Waals surface area contributed by atoms with Crippen LogP contribution in [0.15, 0.2) is 11.8 Å². The van der Waals surface area contributed by atoms with E-state index in [9.17, 15) is 30.3 Å². The molecule has 0 amide bonds. The third kappa shape index (κ3) is 3.70. The highest BCUT2D eigenvalue weighted by molar-refractivity contribution is 5.89. The van der Waals surface area contributed by atoms with E-state index in [1.807, 2.05) is 0 Å². The van der Waals surface area contributed by atoms with Crippen LogP contribution in [-0.2, 0) is 23.7 Å². The van der Waals surface area contributed by atoms with E-state index in [4.69, 9.17) is 18.9 Å². The molecule has 10 nitrogen and oxygen atoms in total. The molecule has 1 saturated carbocycles. The molecule has 0 aromatic heterocycles. The highest BCUT2D eigenvalue weighted by Crippen LogP contribution is 2.47. The molecular formula is C17H26O10. The number of carbonyl (C=O) groups excluding carboxylic acids is 1. The Morgan fingerprint density at radius 1 is 1.11 bits per heavy atom. The van der Waals surface area contributed by atoms with Crippen LogP contribution >= 0.6 is 0 Å². The summed E-state index contributed by atoms with van der Waals surface area (Å²) in [5.74, 6) is -1.35. The number of hydrogen-bond acceptors (Lipinski definition) is 10. The summed E-state index contributed by atoms with van der Waals surface area (Å²) in [5.41, 5.74) is 0.354. The second kappa shape index (κ2) is 8.39. The lowest BCUT2D eigenvalue weighted by Gasteiger charge is -2.43. The third-order valence-electron chi connectivity index (χ3n) is 5.67. The lowest BCUT2D eigenvalue weighted by molar-refractivity contribution is -0.342. The van der Waals surface area contributed by atoms with Gasteiger partial charge < -0.3 is 44.5 Å². The average molecular weight is 390 g/mol. The van der Waals surface area contributed by atoms with E-state index >= 15 is 0 Å². The normalized spacial score (nSPS) is 44.2. The molecule has 0 spiro atoms. The Morgan fingerprint density at radius 2 is 1.85 bits per heavy atom. The number of carbonyl (C=O) groups is 1. The Morgan fingerprint density at radius 3 is 2.48 bits per heavy atom. The molecule has 154 valence electrons. The van der Waals surface area contributed by atoms with Gasteiger partial charge in [-0.3, -0.25) is 0 Å². The number of hydrogen-bond donors (Lipinski definition) is 5. The number of fused-ring (bicyclic) bond motifs is 1. The Balaban J connectivity index is 1.79. The highest BCUT2D eigenvalue weighted by Gasteiger charge is 2.51. The van der Waals surface area contributed by atoms with Gasteiger partial charge in [0.05, 0.1) is 25.6 Å². The molecule has 5 N–H and O–H groups in total. The number of methoxy groups -OCH3 is 1. The minimum Gasteiger partial charge on any atom is -0.472 e. The van der Waals surface area contributed by atoms with Gasteiger partial charge in [0.15, 0.2) is 6.29 Å². The van der Waals surface area contributed by atoms with Crippen molar-refractivity contribution in [3.63, 3.8) is 0 Å². The van der Waals surface area contributed by atoms with E-state index in [0.29, 0.717) is 18.4 Å². The summed E-state index contributed by atoms with van der Waals surface area (Å²) in [4.78, 5) is 12.0. The highest BCUT2D eigenvalue weighted by atomic mass is 16.8. The van der Waals surface area contributed by atoms with Crippen LogP contribution in [0.4, 0.5) is 0 Å². The number of aliphatic hydroxyl groups excluding tert-OH is 5. The summed E-state index contributed by atoms with van der Waals surface area (Å²) in [7, 11) is 1.27. The minimum absolute atomic E-state index is 0.131. The Kier molecular flexibility index (Phi) is 6.36. The van der Waals surface area contributed by atoms with Crippen molar-refractivity contribution in [1.29, 1.82) is 0 Å². The monoisotopic (exact) mass is 390 g/mol. The SMILES string of the molecule is COC(=O)C1=CO[C@@H](O[C@@H]2O[C@H](CO)[C@@H](O)[C@H](O)[C@H]2O)[C@H]2[C@@H](CO)CC[C@@H]12. The van der Waals surface area contributed by atoms with Crippen molar-refractivity contribution in [2.45, 2.75) is 49.8 Å². The van der Waals surface area contributed by atoms with Crippen LogP contribution in [0.2, 0.25) is 0 Å². The first-order valence-corrected chi connectivity index (χ1v) is 8.93. The third-order valence-corrected chi connectivity index (χ3v) is 5.67. The van der Waals surface area contributed by atoms with Gasteiger partial charge in [0.1, 0.15) is 24.4 Å². The standard InChI is InChI=1S/C17H26O10/c1-24-15(23)9-6-25-16(11-7(4-18)2-3-8(9)11)27-17-14(22)13(21)12(20)10(5-19)26-17/h6-8,10-14,16-22H,2-5H2,1H3/t7-,8+,10-,11+,12-,13+,14-,16+,17+/m1/s1. The summed E-state index contributed by atoms with van der Waals surface area (Å²) < 4.78 is 21.4. The Bertz CT molecular complexity index is 564. The fourth-order valence-electron chi connectivity index (χ4n) is 4.17. The summed E-state index contributed by atoms with van der Waals surface area (Å²) >= 11 is 0. The minimum atomic E-state index is -1.57. The fraction of sp³-hybridized carbons (Fsp3) is 0.824. The zero-order valence-electron chi connectivity index (χ0n) is 14.9. The molecule has 0 aromatic carbocycles. The van der Waals surface area contributed by atoms with Gasteiger partial charge in [0, 0.05) is 18.4 Å². The number of ether oxygens (including phenoxy) is 4. The summed E-state index contributed by atoms with van der Waals surface area (Å²) in [6.07, 6.45) is -5.51. The maximum atomic E-state index is 12.0. The zero-order chi connectivity index (χ0) is 19.7. The van der Waals surface area contributed by atoms with Gasteiger partial charge in [-0.05, 0) is 18.8 Å². The second-order valence-electron chi connectivity index (χ2n) is 7.11. The first kappa shape index (κ1) is 20.5. The molecule has 0 radical (unpaired) electrons. The average Bonchev–Trinajstić information content (AvgIpc) is 3.12. The predicted octanol–water partition coefficient (Wildman–Crippen LogP) is -2.15. The summed E-state index contributed by atoms with van der Waals surface area (Å²) in [6, 6.07) is 0. The predicted molar refractivity (Wildman–Crippen MR) is 86.6 cm³/mol. The quantitative estimate of drug-likeness (QED) is 0.328. The van der Waals surface area contributed by atoms with Crippen molar-refractivity contribution in [3.8, 4) is 0 Å². The van der Waals surface area contributed by atoms with Crippen LogP contribution in [0.1, 0.15) is 12.8 Å². The van der Waals surface area contributed by atoms with Crippen molar-refractivity contribution in [2.24, 2.45) is 17.8 Å². The van der Waals surface area contributed by atoms with Crippen LogP contribution in [0.25, 0.3) is 0 Å². The van der Waals surface area contributed by atoms with Gasteiger partial charge in [0.25, 0.3) is 0 Å². The molecule has 2 fully saturated rings. The molecule has 27 heavy (non-hydrogen) atoms. The molecule has 3 rings (SSSR count). The molecule has 9 atom stereocenters. The summed E-state index contributed by atoms with van der Waals surface area (Å²) in [6.45, 7) is -0.707. The molecule has 1 saturated heterocycles. The Hall–Kier alpha value is -1.27. The van der Waals surface area contributed by atoms with E-state index in [2.05, 4.69) is 0 Å². The van der Waals surface area contributed by atoms with Crippen LogP contribution in [0, 0.1) is 17.8 Å². The topological polar surface area (TPSA) is 155 Å². The lowest BCUT2D eigenvalue weighted by atomic mass is 9.83. The van der Waals surface area contributed by atoms with Crippen molar-refractivity contribution in [1.82, 2.24) is 0 Å². The van der Waals surface area contributed by atoms with Crippen molar-refractivity contribution in [2.75, 3.05) is 20.3 Å². The molecule has 1 aliphatic carbocycles. The second-order valence-corrected chi connectivity index (χ2v) is 7.11. The van der Waals surface area contributed by atoms with Crippen LogP contribution in [-0.4, -0.2) is 88.8 Å². The smallest absolute Gasteiger partial charge is 0.337 e. The molecule has 10 heteroatoms. The maximum absolute atomic E-state index is 12.0. The first-order chi connectivity index (χ1) is 12.9. The van der Waals surface area contributed by atoms with E-state index in [-0.39, 0.29) is 24.4 Å².